The SMILES string of the molecule is Cc1cccc(C)c1/C=C/c1cnc[nH]1.Cl. The van der Waals surface area contributed by atoms with E-state index < -0.39 is 0 Å². The van der Waals surface area contributed by atoms with Crippen LogP contribution in [0.3, 0.4) is 0 Å². The summed E-state index contributed by atoms with van der Waals surface area (Å²) in [5.41, 5.74) is 4.90. The first-order chi connectivity index (χ1) is 7.27. The maximum Gasteiger partial charge on any atom is 0.0924 e. The van der Waals surface area contributed by atoms with Crippen molar-refractivity contribution in [2.75, 3.05) is 0 Å². The molecule has 0 spiro atoms. The monoisotopic (exact) mass is 234 g/mol. The standard InChI is InChI=1S/C13H14N2.ClH/c1-10-4-3-5-11(2)13(10)7-6-12-8-14-9-15-12;/h3-9H,1-2H3,(H,14,15);1H/b7-6+;. The quantitative estimate of drug-likeness (QED) is 0.845. The van der Waals surface area contributed by atoms with Crippen LogP contribution in [-0.2, 0) is 0 Å². The van der Waals surface area contributed by atoms with Crippen LogP contribution in [0.2, 0.25) is 0 Å². The van der Waals surface area contributed by atoms with Gasteiger partial charge in [-0.1, -0.05) is 24.3 Å². The lowest BCUT2D eigenvalue weighted by Crippen LogP contribution is -1.84. The molecule has 0 saturated heterocycles. The van der Waals surface area contributed by atoms with Crippen LogP contribution < -0.4 is 0 Å². The second kappa shape index (κ2) is 5.52. The van der Waals surface area contributed by atoms with Crippen molar-refractivity contribution < 1.29 is 0 Å². The highest BCUT2D eigenvalue weighted by molar-refractivity contribution is 5.85. The molecule has 0 aliphatic carbocycles. The van der Waals surface area contributed by atoms with Gasteiger partial charge in [0.25, 0.3) is 0 Å². The summed E-state index contributed by atoms with van der Waals surface area (Å²) in [6, 6.07) is 6.33. The van der Waals surface area contributed by atoms with E-state index in [1.807, 2.05) is 12.3 Å². The third kappa shape index (κ3) is 2.74. The molecule has 84 valence electrons. The van der Waals surface area contributed by atoms with Crippen molar-refractivity contribution in [2.45, 2.75) is 13.8 Å². The highest BCUT2D eigenvalue weighted by Gasteiger charge is 1.97. The van der Waals surface area contributed by atoms with Gasteiger partial charge in [0.05, 0.1) is 18.2 Å². The van der Waals surface area contributed by atoms with Gasteiger partial charge in [-0.2, -0.15) is 0 Å². The van der Waals surface area contributed by atoms with E-state index >= 15 is 0 Å². The second-order valence-corrected chi connectivity index (χ2v) is 3.65. The molecule has 0 radical (unpaired) electrons. The van der Waals surface area contributed by atoms with Crippen molar-refractivity contribution in [2.24, 2.45) is 0 Å². The molecule has 2 nitrogen and oxygen atoms in total. The van der Waals surface area contributed by atoms with Gasteiger partial charge in [0.2, 0.25) is 0 Å². The zero-order valence-electron chi connectivity index (χ0n) is 9.40. The summed E-state index contributed by atoms with van der Waals surface area (Å²) in [4.78, 5) is 7.02. The van der Waals surface area contributed by atoms with Crippen LogP contribution in [0.4, 0.5) is 0 Å². The number of benzene rings is 1. The maximum absolute atomic E-state index is 3.97. The van der Waals surface area contributed by atoms with E-state index in [4.69, 9.17) is 0 Å². The number of halogens is 1. The first kappa shape index (κ1) is 12.5. The van der Waals surface area contributed by atoms with Crippen molar-refractivity contribution in [3.63, 3.8) is 0 Å². The normalized spacial score (nSPS) is 10.4. The zero-order valence-corrected chi connectivity index (χ0v) is 10.2. The number of aromatic amines is 1. The molecule has 0 fully saturated rings. The molecule has 1 heterocycles. The molecule has 3 heteroatoms. The number of imidazole rings is 1. The van der Waals surface area contributed by atoms with Crippen LogP contribution in [0.15, 0.2) is 30.7 Å². The Kier molecular flexibility index (Phi) is 4.32. The number of aromatic nitrogens is 2. The lowest BCUT2D eigenvalue weighted by atomic mass is 10.0. The van der Waals surface area contributed by atoms with E-state index in [9.17, 15) is 0 Å². The maximum atomic E-state index is 3.97. The van der Waals surface area contributed by atoms with Crippen molar-refractivity contribution >= 4 is 24.6 Å². The van der Waals surface area contributed by atoms with Gasteiger partial charge in [-0.15, -0.1) is 12.4 Å². The summed E-state index contributed by atoms with van der Waals surface area (Å²) in [5, 5.41) is 0. The van der Waals surface area contributed by atoms with Gasteiger partial charge in [0, 0.05) is 0 Å². The van der Waals surface area contributed by atoms with Gasteiger partial charge in [0.15, 0.2) is 0 Å². The van der Waals surface area contributed by atoms with E-state index in [1.54, 1.807) is 6.33 Å². The van der Waals surface area contributed by atoms with Gasteiger partial charge in [0.1, 0.15) is 0 Å². The Morgan fingerprint density at radius 3 is 2.38 bits per heavy atom. The molecule has 2 aromatic rings. The minimum atomic E-state index is 0. The lowest BCUT2D eigenvalue weighted by Gasteiger charge is -2.03. The van der Waals surface area contributed by atoms with Crippen molar-refractivity contribution in [3.05, 3.63) is 53.1 Å². The number of rotatable bonds is 2. The highest BCUT2D eigenvalue weighted by Crippen LogP contribution is 2.16. The van der Waals surface area contributed by atoms with Gasteiger partial charge in [-0.05, 0) is 36.6 Å². The molecular weight excluding hydrogens is 220 g/mol. The third-order valence-corrected chi connectivity index (χ3v) is 2.49. The Balaban J connectivity index is 0.00000128. The molecule has 0 bridgehead atoms. The summed E-state index contributed by atoms with van der Waals surface area (Å²) >= 11 is 0. The fourth-order valence-corrected chi connectivity index (χ4v) is 1.62. The molecule has 0 atom stereocenters. The van der Waals surface area contributed by atoms with E-state index in [1.165, 1.54) is 16.7 Å². The first-order valence-electron chi connectivity index (χ1n) is 5.00. The Labute approximate surface area is 102 Å². The van der Waals surface area contributed by atoms with Crippen molar-refractivity contribution in [1.29, 1.82) is 0 Å². The van der Waals surface area contributed by atoms with Gasteiger partial charge < -0.3 is 4.98 Å². The molecule has 2 rings (SSSR count). The molecular formula is C13H15ClN2. The largest absolute Gasteiger partial charge is 0.345 e. The molecule has 0 amide bonds. The molecule has 0 unspecified atom stereocenters. The fourth-order valence-electron chi connectivity index (χ4n) is 1.62. The Bertz CT molecular complexity index is 452. The second-order valence-electron chi connectivity index (χ2n) is 3.65. The van der Waals surface area contributed by atoms with E-state index in [-0.39, 0.29) is 12.4 Å². The highest BCUT2D eigenvalue weighted by atomic mass is 35.5. The number of hydrogen-bond donors (Lipinski definition) is 1. The number of nitrogens with one attached hydrogen (secondary N) is 1. The molecule has 1 aromatic heterocycles. The molecule has 0 saturated carbocycles. The topological polar surface area (TPSA) is 28.7 Å². The van der Waals surface area contributed by atoms with E-state index in [0.717, 1.165) is 5.69 Å². The molecule has 0 aliphatic rings. The average Bonchev–Trinajstić information content (AvgIpc) is 2.70. The number of H-pyrrole nitrogens is 1. The van der Waals surface area contributed by atoms with Crippen molar-refractivity contribution in [1.82, 2.24) is 9.97 Å². The van der Waals surface area contributed by atoms with Gasteiger partial charge >= 0.3 is 0 Å². The summed E-state index contributed by atoms with van der Waals surface area (Å²) in [6.07, 6.45) is 7.66. The minimum absolute atomic E-state index is 0. The Hall–Kier alpha value is -1.54. The molecule has 1 N–H and O–H groups in total. The molecule has 16 heavy (non-hydrogen) atoms. The zero-order chi connectivity index (χ0) is 10.7. The van der Waals surface area contributed by atoms with Crippen LogP contribution in [0.5, 0.6) is 0 Å². The molecule has 0 aliphatic heterocycles. The summed E-state index contributed by atoms with van der Waals surface area (Å²) < 4.78 is 0. The van der Waals surface area contributed by atoms with Crippen molar-refractivity contribution in [3.8, 4) is 0 Å². The van der Waals surface area contributed by atoms with Crippen LogP contribution in [0.25, 0.3) is 12.2 Å². The summed E-state index contributed by atoms with van der Waals surface area (Å²) in [7, 11) is 0. The Morgan fingerprint density at radius 2 is 1.81 bits per heavy atom. The number of aryl methyl sites for hydroxylation is 2. The summed E-state index contributed by atoms with van der Waals surface area (Å²) in [5.74, 6) is 0. The third-order valence-electron chi connectivity index (χ3n) is 2.49. The fraction of sp³-hybridized carbons (Fsp3) is 0.154. The number of hydrogen-bond acceptors (Lipinski definition) is 1. The minimum Gasteiger partial charge on any atom is -0.345 e. The van der Waals surface area contributed by atoms with E-state index in [0.29, 0.717) is 0 Å². The predicted octanol–water partition coefficient (Wildman–Crippen LogP) is 3.62. The van der Waals surface area contributed by atoms with Crippen LogP contribution >= 0.6 is 12.4 Å². The molecule has 1 aromatic carbocycles. The van der Waals surface area contributed by atoms with E-state index in [2.05, 4.69) is 48.1 Å². The number of nitrogens with zero attached hydrogens (tertiary/aromatic N) is 1. The van der Waals surface area contributed by atoms with Gasteiger partial charge in [-0.3, -0.25) is 0 Å². The smallest absolute Gasteiger partial charge is 0.0924 e. The van der Waals surface area contributed by atoms with Gasteiger partial charge in [-0.25, -0.2) is 4.98 Å². The van der Waals surface area contributed by atoms with Crippen LogP contribution in [-0.4, -0.2) is 9.97 Å². The lowest BCUT2D eigenvalue weighted by molar-refractivity contribution is 1.31. The van der Waals surface area contributed by atoms with Crippen LogP contribution in [0, 0.1) is 13.8 Å². The first-order valence-corrected chi connectivity index (χ1v) is 5.00. The summed E-state index contributed by atoms with van der Waals surface area (Å²) in [6.45, 7) is 4.25. The average molecular weight is 235 g/mol. The predicted molar refractivity (Wildman–Crippen MR) is 70.7 cm³/mol. The van der Waals surface area contributed by atoms with Crippen LogP contribution in [0.1, 0.15) is 22.4 Å². The Morgan fingerprint density at radius 1 is 1.12 bits per heavy atom.